The number of tetrazole rings is 1. The summed E-state index contributed by atoms with van der Waals surface area (Å²) in [6.45, 7) is 0.633. The number of nitrogens with one attached hydrogen (secondary N) is 1. The van der Waals surface area contributed by atoms with Crippen molar-refractivity contribution in [1.29, 1.82) is 0 Å². The first-order chi connectivity index (χ1) is 11.7. The second-order valence-corrected chi connectivity index (χ2v) is 6.14. The lowest BCUT2D eigenvalue weighted by molar-refractivity contribution is 0.274. The number of ether oxygens (including phenoxy) is 1. The summed E-state index contributed by atoms with van der Waals surface area (Å²) in [5.41, 5.74) is 1.70. The first-order valence-electron chi connectivity index (χ1n) is 7.45. The molecule has 24 heavy (non-hydrogen) atoms. The van der Waals surface area contributed by atoms with Crippen LogP contribution in [-0.4, -0.2) is 26.8 Å². The molecule has 1 aliphatic heterocycles. The molecule has 8 heteroatoms. The standard InChI is InChI=1S/C16H13Cl2N5O/c17-11-5-3-6-13(15(11)18)23-16(20-21-22-23)19-12-8-9-24-14-7-2-1-4-10(12)14/h1-7,12H,8-9H2,(H,19,20,22). The van der Waals surface area contributed by atoms with Gasteiger partial charge < -0.3 is 10.1 Å². The molecule has 1 aliphatic rings. The fourth-order valence-corrected chi connectivity index (χ4v) is 3.12. The summed E-state index contributed by atoms with van der Waals surface area (Å²) in [6.07, 6.45) is 0.813. The van der Waals surface area contributed by atoms with E-state index in [0.717, 1.165) is 17.7 Å². The average Bonchev–Trinajstić information content (AvgIpc) is 3.06. The summed E-state index contributed by atoms with van der Waals surface area (Å²) in [6, 6.07) is 13.3. The molecule has 0 fully saturated rings. The predicted molar refractivity (Wildman–Crippen MR) is 92.1 cm³/mol. The van der Waals surface area contributed by atoms with E-state index in [-0.39, 0.29) is 6.04 Å². The van der Waals surface area contributed by atoms with Gasteiger partial charge in [0.15, 0.2) is 0 Å². The Morgan fingerprint density at radius 2 is 2.00 bits per heavy atom. The molecule has 2 heterocycles. The maximum absolute atomic E-state index is 6.28. The average molecular weight is 362 g/mol. The van der Waals surface area contributed by atoms with Crippen molar-refractivity contribution in [3.05, 3.63) is 58.1 Å². The molecule has 0 radical (unpaired) electrons. The summed E-state index contributed by atoms with van der Waals surface area (Å²) in [5, 5.41) is 16.1. The van der Waals surface area contributed by atoms with E-state index in [1.807, 2.05) is 30.3 Å². The Balaban J connectivity index is 1.69. The van der Waals surface area contributed by atoms with Crippen LogP contribution in [0, 0.1) is 0 Å². The van der Waals surface area contributed by atoms with Gasteiger partial charge in [-0.1, -0.05) is 52.6 Å². The van der Waals surface area contributed by atoms with Gasteiger partial charge in [0, 0.05) is 12.0 Å². The summed E-state index contributed by atoms with van der Waals surface area (Å²) in [5.74, 6) is 1.38. The van der Waals surface area contributed by atoms with Crippen LogP contribution >= 0.6 is 23.2 Å². The van der Waals surface area contributed by atoms with Crippen molar-refractivity contribution in [3.8, 4) is 11.4 Å². The third kappa shape index (κ3) is 2.68. The molecule has 0 amide bonds. The number of aromatic nitrogens is 4. The number of benzene rings is 2. The molecule has 1 unspecified atom stereocenters. The highest BCUT2D eigenvalue weighted by Crippen LogP contribution is 2.34. The van der Waals surface area contributed by atoms with E-state index in [1.54, 1.807) is 16.8 Å². The maximum Gasteiger partial charge on any atom is 0.248 e. The van der Waals surface area contributed by atoms with E-state index in [9.17, 15) is 0 Å². The van der Waals surface area contributed by atoms with Gasteiger partial charge in [-0.3, -0.25) is 0 Å². The summed E-state index contributed by atoms with van der Waals surface area (Å²) < 4.78 is 7.23. The molecule has 0 aliphatic carbocycles. The van der Waals surface area contributed by atoms with Crippen LogP contribution in [0.4, 0.5) is 5.95 Å². The number of hydrogen-bond donors (Lipinski definition) is 1. The monoisotopic (exact) mass is 361 g/mol. The molecule has 4 rings (SSSR count). The third-order valence-corrected chi connectivity index (χ3v) is 4.70. The number of rotatable bonds is 3. The smallest absolute Gasteiger partial charge is 0.248 e. The Morgan fingerprint density at radius 3 is 2.92 bits per heavy atom. The van der Waals surface area contributed by atoms with Crippen LogP contribution < -0.4 is 10.1 Å². The molecule has 2 aromatic carbocycles. The SMILES string of the molecule is Clc1cccc(-n2nnnc2NC2CCOc3ccccc32)c1Cl. The molecular formula is C16H13Cl2N5O. The first kappa shape index (κ1) is 15.2. The topological polar surface area (TPSA) is 64.9 Å². The van der Waals surface area contributed by atoms with E-state index >= 15 is 0 Å². The second kappa shape index (κ2) is 6.30. The minimum absolute atomic E-state index is 0.0534. The largest absolute Gasteiger partial charge is 0.493 e. The van der Waals surface area contributed by atoms with Crippen molar-refractivity contribution in [3.63, 3.8) is 0 Å². The van der Waals surface area contributed by atoms with Crippen LogP contribution in [0.5, 0.6) is 5.75 Å². The normalized spacial score (nSPS) is 16.3. The van der Waals surface area contributed by atoms with Gasteiger partial charge in [-0.2, -0.15) is 4.68 Å². The second-order valence-electron chi connectivity index (χ2n) is 5.36. The highest BCUT2D eigenvalue weighted by atomic mass is 35.5. The van der Waals surface area contributed by atoms with E-state index < -0.39 is 0 Å². The number of halogens is 2. The lowest BCUT2D eigenvalue weighted by Crippen LogP contribution is -2.22. The molecule has 0 bridgehead atoms. The third-order valence-electron chi connectivity index (χ3n) is 3.89. The highest BCUT2D eigenvalue weighted by molar-refractivity contribution is 6.43. The van der Waals surface area contributed by atoms with Gasteiger partial charge in [0.25, 0.3) is 0 Å². The molecule has 3 aromatic rings. The minimum atomic E-state index is 0.0534. The van der Waals surface area contributed by atoms with Crippen LogP contribution in [0.15, 0.2) is 42.5 Å². The number of fused-ring (bicyclic) bond motifs is 1. The van der Waals surface area contributed by atoms with Gasteiger partial charge in [0.1, 0.15) is 5.75 Å². The van der Waals surface area contributed by atoms with Crippen LogP contribution in [0.3, 0.4) is 0 Å². The molecule has 1 atom stereocenters. The zero-order chi connectivity index (χ0) is 16.5. The Labute approximate surface area is 148 Å². The predicted octanol–water partition coefficient (Wildman–Crippen LogP) is 3.90. The first-order valence-corrected chi connectivity index (χ1v) is 8.20. The van der Waals surface area contributed by atoms with Crippen molar-refractivity contribution in [1.82, 2.24) is 20.2 Å². The van der Waals surface area contributed by atoms with E-state index in [1.165, 1.54) is 0 Å². The number of para-hydroxylation sites is 1. The lowest BCUT2D eigenvalue weighted by atomic mass is 10.0. The van der Waals surface area contributed by atoms with Crippen molar-refractivity contribution in [2.24, 2.45) is 0 Å². The van der Waals surface area contributed by atoms with Crippen molar-refractivity contribution in [2.45, 2.75) is 12.5 Å². The van der Waals surface area contributed by atoms with Crippen LogP contribution in [0.2, 0.25) is 10.0 Å². The summed E-state index contributed by atoms with van der Waals surface area (Å²) >= 11 is 12.4. The van der Waals surface area contributed by atoms with Gasteiger partial charge >= 0.3 is 0 Å². The molecular weight excluding hydrogens is 349 g/mol. The maximum atomic E-state index is 6.28. The molecule has 122 valence electrons. The summed E-state index contributed by atoms with van der Waals surface area (Å²) in [7, 11) is 0. The van der Waals surface area contributed by atoms with E-state index in [4.69, 9.17) is 27.9 Å². The fraction of sp³-hybridized carbons (Fsp3) is 0.188. The van der Waals surface area contributed by atoms with Gasteiger partial charge in [-0.15, -0.1) is 0 Å². The zero-order valence-corrected chi connectivity index (χ0v) is 14.0. The van der Waals surface area contributed by atoms with Crippen LogP contribution in [-0.2, 0) is 0 Å². The Morgan fingerprint density at radius 1 is 1.12 bits per heavy atom. The highest BCUT2D eigenvalue weighted by Gasteiger charge is 2.23. The Kier molecular flexibility index (Phi) is 4.00. The Hall–Kier alpha value is -2.31. The summed E-state index contributed by atoms with van der Waals surface area (Å²) in [4.78, 5) is 0. The minimum Gasteiger partial charge on any atom is -0.493 e. The zero-order valence-electron chi connectivity index (χ0n) is 12.5. The van der Waals surface area contributed by atoms with Gasteiger partial charge in [0.2, 0.25) is 5.95 Å². The van der Waals surface area contributed by atoms with Gasteiger partial charge in [-0.05, 0) is 28.6 Å². The van der Waals surface area contributed by atoms with Crippen LogP contribution in [0.1, 0.15) is 18.0 Å². The fourth-order valence-electron chi connectivity index (χ4n) is 2.74. The molecule has 6 nitrogen and oxygen atoms in total. The number of nitrogens with zero attached hydrogens (tertiary/aromatic N) is 4. The molecule has 0 spiro atoms. The van der Waals surface area contributed by atoms with Crippen molar-refractivity contribution in [2.75, 3.05) is 11.9 Å². The van der Waals surface area contributed by atoms with Crippen LogP contribution in [0.25, 0.3) is 5.69 Å². The number of anilines is 1. The molecule has 0 saturated carbocycles. The lowest BCUT2D eigenvalue weighted by Gasteiger charge is -2.26. The van der Waals surface area contributed by atoms with Crippen molar-refractivity contribution < 1.29 is 4.74 Å². The van der Waals surface area contributed by atoms with Gasteiger partial charge in [0.05, 0.1) is 28.4 Å². The quantitative estimate of drug-likeness (QED) is 0.766. The number of hydrogen-bond acceptors (Lipinski definition) is 5. The van der Waals surface area contributed by atoms with E-state index in [2.05, 4.69) is 20.8 Å². The van der Waals surface area contributed by atoms with Crippen molar-refractivity contribution >= 4 is 29.2 Å². The van der Waals surface area contributed by atoms with E-state index in [0.29, 0.717) is 28.3 Å². The molecule has 1 aromatic heterocycles. The van der Waals surface area contributed by atoms with Gasteiger partial charge in [-0.25, -0.2) is 0 Å². The molecule has 1 N–H and O–H groups in total. The Bertz CT molecular complexity index is 882. The molecule has 0 saturated heterocycles.